The van der Waals surface area contributed by atoms with Crippen LogP contribution in [-0.4, -0.2) is 72.0 Å². The molecule has 1 aliphatic rings. The van der Waals surface area contributed by atoms with E-state index in [1.54, 1.807) is 0 Å². The lowest BCUT2D eigenvalue weighted by Gasteiger charge is -2.27. The van der Waals surface area contributed by atoms with E-state index in [9.17, 15) is 19.2 Å². The van der Waals surface area contributed by atoms with Crippen LogP contribution < -0.4 is 21.3 Å². The number of thioether (sulfide) groups is 1. The Kier molecular flexibility index (Phi) is 10.9. The molecule has 3 amide bonds. The molecule has 0 aromatic heterocycles. The molecule has 9 nitrogen and oxygen atoms in total. The number of rotatable bonds is 12. The molecule has 10 heteroatoms. The summed E-state index contributed by atoms with van der Waals surface area (Å²) in [7, 11) is 0. The molecule has 4 unspecified atom stereocenters. The number of hydrogen-bond donors (Lipinski definition) is 5. The van der Waals surface area contributed by atoms with Gasteiger partial charge < -0.3 is 26.4 Å². The minimum atomic E-state index is -1.16. The summed E-state index contributed by atoms with van der Waals surface area (Å²) >= 11 is 1.52. The predicted octanol–water partition coefficient (Wildman–Crippen LogP) is -0.292. The van der Waals surface area contributed by atoms with Gasteiger partial charge in [-0.2, -0.15) is 11.8 Å². The Labute approximate surface area is 170 Å². The van der Waals surface area contributed by atoms with E-state index in [4.69, 9.17) is 5.11 Å². The van der Waals surface area contributed by atoms with Crippen LogP contribution in [-0.2, 0) is 19.2 Å². The second kappa shape index (κ2) is 12.6. The minimum Gasteiger partial charge on any atom is -0.480 e. The summed E-state index contributed by atoms with van der Waals surface area (Å²) in [5, 5.41) is 19.7. The third kappa shape index (κ3) is 8.05. The molecule has 0 aromatic carbocycles. The first-order valence-corrected chi connectivity index (χ1v) is 11.0. The van der Waals surface area contributed by atoms with Gasteiger partial charge in [0.05, 0.1) is 6.04 Å². The van der Waals surface area contributed by atoms with Gasteiger partial charge in [-0.25, -0.2) is 0 Å². The van der Waals surface area contributed by atoms with E-state index in [2.05, 4.69) is 21.3 Å². The molecule has 0 spiro atoms. The first-order chi connectivity index (χ1) is 13.3. The fraction of sp³-hybridized carbons (Fsp3) is 0.778. The van der Waals surface area contributed by atoms with Crippen LogP contribution in [0, 0.1) is 5.92 Å². The van der Waals surface area contributed by atoms with Crippen molar-refractivity contribution in [3.63, 3.8) is 0 Å². The highest BCUT2D eigenvalue weighted by Gasteiger charge is 2.32. The number of hydrogen-bond acceptors (Lipinski definition) is 6. The molecule has 0 saturated carbocycles. The van der Waals surface area contributed by atoms with Crippen molar-refractivity contribution in [2.75, 3.05) is 25.1 Å². The van der Waals surface area contributed by atoms with Crippen LogP contribution in [0.25, 0.3) is 0 Å². The van der Waals surface area contributed by atoms with Gasteiger partial charge in [-0.1, -0.05) is 20.3 Å². The first kappa shape index (κ1) is 24.2. The number of nitrogens with one attached hydrogen (secondary N) is 4. The molecule has 0 bridgehead atoms. The van der Waals surface area contributed by atoms with Crippen LogP contribution in [0.15, 0.2) is 0 Å². The maximum atomic E-state index is 12.9. The van der Waals surface area contributed by atoms with Crippen LogP contribution in [0.2, 0.25) is 0 Å². The summed E-state index contributed by atoms with van der Waals surface area (Å²) in [6.07, 6.45) is 4.57. The number of carbonyl (C=O) groups excluding carboxylic acids is 3. The van der Waals surface area contributed by atoms with Crippen molar-refractivity contribution >= 4 is 35.5 Å². The largest absolute Gasteiger partial charge is 0.480 e. The van der Waals surface area contributed by atoms with Crippen molar-refractivity contribution in [2.45, 2.75) is 57.7 Å². The monoisotopic (exact) mass is 416 g/mol. The van der Waals surface area contributed by atoms with Crippen LogP contribution in [0.4, 0.5) is 0 Å². The Morgan fingerprint density at radius 3 is 2.46 bits per heavy atom. The molecule has 0 radical (unpaired) electrons. The van der Waals surface area contributed by atoms with Crippen LogP contribution in [0.1, 0.15) is 39.5 Å². The standard InChI is InChI=1S/C18H32N4O5S/c1-4-11(2)15(22-17(26)12-6-5-8-19-12)18(27)21-13(7-9-28-3)16(25)20-10-14(23)24/h11-13,15,19H,4-10H2,1-3H3,(H,20,25)(H,21,27)(H,22,26)(H,23,24). The molecule has 28 heavy (non-hydrogen) atoms. The van der Waals surface area contributed by atoms with Crippen molar-refractivity contribution in [2.24, 2.45) is 5.92 Å². The maximum Gasteiger partial charge on any atom is 0.322 e. The average Bonchev–Trinajstić information content (AvgIpc) is 3.21. The fourth-order valence-electron chi connectivity index (χ4n) is 2.92. The molecule has 1 fully saturated rings. The molecule has 0 aromatic rings. The van der Waals surface area contributed by atoms with E-state index in [0.717, 1.165) is 19.4 Å². The van der Waals surface area contributed by atoms with E-state index in [-0.39, 0.29) is 17.9 Å². The van der Waals surface area contributed by atoms with Crippen LogP contribution in [0.5, 0.6) is 0 Å². The normalized spacial score (nSPS) is 19.3. The van der Waals surface area contributed by atoms with Gasteiger partial charge in [-0.05, 0) is 43.7 Å². The summed E-state index contributed by atoms with van der Waals surface area (Å²) in [6, 6.07) is -1.91. The van der Waals surface area contributed by atoms with E-state index >= 15 is 0 Å². The summed E-state index contributed by atoms with van der Waals surface area (Å²) in [5.74, 6) is -1.84. The fourth-order valence-corrected chi connectivity index (χ4v) is 3.39. The van der Waals surface area contributed by atoms with Gasteiger partial charge in [0.25, 0.3) is 0 Å². The third-order valence-electron chi connectivity index (χ3n) is 4.83. The van der Waals surface area contributed by atoms with Gasteiger partial charge in [-0.3, -0.25) is 19.2 Å². The number of carboxylic acid groups (broad SMARTS) is 1. The Hall–Kier alpha value is -1.81. The van der Waals surface area contributed by atoms with Crippen molar-refractivity contribution < 1.29 is 24.3 Å². The summed E-state index contributed by atoms with van der Waals surface area (Å²) in [5.41, 5.74) is 0. The molecule has 4 atom stereocenters. The summed E-state index contributed by atoms with van der Waals surface area (Å²) in [4.78, 5) is 48.3. The molecule has 1 rings (SSSR count). The minimum absolute atomic E-state index is 0.117. The quantitative estimate of drug-likeness (QED) is 0.295. The maximum absolute atomic E-state index is 12.9. The Bertz CT molecular complexity index is 554. The molecular formula is C18H32N4O5S. The topological polar surface area (TPSA) is 137 Å². The third-order valence-corrected chi connectivity index (χ3v) is 5.47. The van der Waals surface area contributed by atoms with E-state index in [1.165, 1.54) is 11.8 Å². The van der Waals surface area contributed by atoms with E-state index in [1.807, 2.05) is 20.1 Å². The molecule has 0 aliphatic carbocycles. The van der Waals surface area contributed by atoms with Crippen LogP contribution >= 0.6 is 11.8 Å². The molecule has 160 valence electrons. The Morgan fingerprint density at radius 1 is 1.21 bits per heavy atom. The van der Waals surface area contributed by atoms with E-state index < -0.39 is 36.4 Å². The van der Waals surface area contributed by atoms with Crippen LogP contribution in [0.3, 0.4) is 0 Å². The highest BCUT2D eigenvalue weighted by atomic mass is 32.2. The predicted molar refractivity (Wildman–Crippen MR) is 108 cm³/mol. The van der Waals surface area contributed by atoms with Gasteiger partial charge >= 0.3 is 5.97 Å². The Morgan fingerprint density at radius 2 is 1.93 bits per heavy atom. The SMILES string of the molecule is CCC(C)C(NC(=O)C1CCCN1)C(=O)NC(CCSC)C(=O)NCC(=O)O. The van der Waals surface area contributed by atoms with Crippen molar-refractivity contribution in [1.29, 1.82) is 0 Å². The zero-order chi connectivity index (χ0) is 21.1. The second-order valence-corrected chi connectivity index (χ2v) is 7.96. The van der Waals surface area contributed by atoms with Crippen molar-refractivity contribution in [3.8, 4) is 0 Å². The summed E-state index contributed by atoms with van der Waals surface area (Å²) < 4.78 is 0. The molecular weight excluding hydrogens is 384 g/mol. The highest BCUT2D eigenvalue weighted by Crippen LogP contribution is 2.12. The second-order valence-electron chi connectivity index (χ2n) is 6.97. The number of aliphatic carboxylic acids is 1. The average molecular weight is 417 g/mol. The lowest BCUT2D eigenvalue weighted by atomic mass is 9.97. The van der Waals surface area contributed by atoms with Crippen molar-refractivity contribution in [3.05, 3.63) is 0 Å². The number of amides is 3. The zero-order valence-electron chi connectivity index (χ0n) is 16.7. The van der Waals surface area contributed by atoms with Gasteiger partial charge in [0.1, 0.15) is 18.6 Å². The van der Waals surface area contributed by atoms with Gasteiger partial charge in [0.15, 0.2) is 0 Å². The molecule has 1 aliphatic heterocycles. The van der Waals surface area contributed by atoms with Gasteiger partial charge in [0, 0.05) is 0 Å². The number of carbonyl (C=O) groups is 4. The summed E-state index contributed by atoms with van der Waals surface area (Å²) in [6.45, 7) is 4.06. The number of carboxylic acids is 1. The van der Waals surface area contributed by atoms with Crippen molar-refractivity contribution in [1.82, 2.24) is 21.3 Å². The lowest BCUT2D eigenvalue weighted by molar-refractivity contribution is -0.138. The molecule has 1 saturated heterocycles. The smallest absolute Gasteiger partial charge is 0.322 e. The highest BCUT2D eigenvalue weighted by molar-refractivity contribution is 7.98. The van der Waals surface area contributed by atoms with E-state index in [0.29, 0.717) is 18.6 Å². The Balaban J connectivity index is 2.80. The molecule has 5 N–H and O–H groups in total. The molecule has 1 heterocycles. The zero-order valence-corrected chi connectivity index (χ0v) is 17.6. The first-order valence-electron chi connectivity index (χ1n) is 9.62. The lowest BCUT2D eigenvalue weighted by Crippen LogP contribution is -2.57. The van der Waals surface area contributed by atoms with Gasteiger partial charge in [0.2, 0.25) is 17.7 Å². The van der Waals surface area contributed by atoms with Gasteiger partial charge in [-0.15, -0.1) is 0 Å².